The number of aliphatic hydroxyl groups is 1. The molecule has 0 aromatic rings. The van der Waals surface area contributed by atoms with Crippen LogP contribution in [-0.4, -0.2) is 85.4 Å². The first-order chi connectivity index (χ1) is 11.6. The van der Waals surface area contributed by atoms with Crippen LogP contribution in [0.1, 0.15) is 46.5 Å². The molecule has 0 bridgehead atoms. The number of carbonyl (C=O) groups is 1. The van der Waals surface area contributed by atoms with Crippen LogP contribution < -0.4 is 5.32 Å². The van der Waals surface area contributed by atoms with E-state index in [1.165, 1.54) is 0 Å². The number of hydrogen-bond donors (Lipinski definition) is 2. The van der Waals surface area contributed by atoms with Gasteiger partial charge in [0, 0.05) is 44.9 Å². The van der Waals surface area contributed by atoms with Gasteiger partial charge in [0.15, 0.2) is 5.60 Å². The summed E-state index contributed by atoms with van der Waals surface area (Å²) in [6.07, 6.45) is 3.33. The number of likely N-dealkylation sites (N-methyl/N-ethyl adjacent to an activating group) is 1. The Morgan fingerprint density at radius 3 is 2.40 bits per heavy atom. The Bertz CT molecular complexity index is 455. The quantitative estimate of drug-likeness (QED) is 0.747. The van der Waals surface area contributed by atoms with Gasteiger partial charge in [-0.2, -0.15) is 0 Å². The van der Waals surface area contributed by atoms with Gasteiger partial charge in [-0.25, -0.2) is 0 Å². The Kier molecular flexibility index (Phi) is 6.52. The van der Waals surface area contributed by atoms with Crippen LogP contribution in [0.3, 0.4) is 0 Å². The van der Waals surface area contributed by atoms with Gasteiger partial charge in [-0.3, -0.25) is 4.79 Å². The molecule has 0 aromatic heterocycles. The molecule has 0 aromatic carbocycles. The Hall–Kier alpha value is -0.690. The first-order valence-corrected chi connectivity index (χ1v) is 9.56. The van der Waals surface area contributed by atoms with Crippen LogP contribution in [-0.2, 0) is 9.53 Å². The largest absolute Gasteiger partial charge is 0.381 e. The minimum Gasteiger partial charge on any atom is -0.381 e. The zero-order chi connectivity index (χ0) is 18.7. The molecular formula is C19H37N3O3. The highest BCUT2D eigenvalue weighted by molar-refractivity contribution is 5.86. The average molecular weight is 356 g/mol. The summed E-state index contributed by atoms with van der Waals surface area (Å²) in [7, 11) is 4.19. The fourth-order valence-electron chi connectivity index (χ4n) is 3.99. The van der Waals surface area contributed by atoms with Crippen molar-refractivity contribution in [3.8, 4) is 0 Å². The molecule has 25 heavy (non-hydrogen) atoms. The molecule has 6 heteroatoms. The molecule has 2 N–H and O–H groups in total. The van der Waals surface area contributed by atoms with Crippen molar-refractivity contribution in [3.05, 3.63) is 0 Å². The number of nitrogens with zero attached hydrogens (tertiary/aromatic N) is 2. The van der Waals surface area contributed by atoms with E-state index in [1.807, 2.05) is 4.90 Å². The van der Waals surface area contributed by atoms with Crippen LogP contribution in [0.4, 0.5) is 0 Å². The van der Waals surface area contributed by atoms with E-state index in [2.05, 4.69) is 45.1 Å². The van der Waals surface area contributed by atoms with Crippen LogP contribution in [0, 0.1) is 5.41 Å². The lowest BCUT2D eigenvalue weighted by Gasteiger charge is -2.44. The summed E-state index contributed by atoms with van der Waals surface area (Å²) in [6, 6.07) is 0. The molecule has 1 atom stereocenters. The maximum atomic E-state index is 12.8. The van der Waals surface area contributed by atoms with Crippen molar-refractivity contribution in [1.29, 1.82) is 0 Å². The van der Waals surface area contributed by atoms with Gasteiger partial charge in [0.05, 0.1) is 0 Å². The summed E-state index contributed by atoms with van der Waals surface area (Å²) in [4.78, 5) is 16.9. The van der Waals surface area contributed by atoms with E-state index in [1.54, 1.807) is 0 Å². The highest BCUT2D eigenvalue weighted by Gasteiger charge is 2.43. The summed E-state index contributed by atoms with van der Waals surface area (Å²) in [5, 5.41) is 14.4. The van der Waals surface area contributed by atoms with Crippen LogP contribution >= 0.6 is 0 Å². The summed E-state index contributed by atoms with van der Waals surface area (Å²) in [5.74, 6) is -0.118. The number of likely N-dealkylation sites (tertiary alicyclic amines) is 1. The maximum Gasteiger partial charge on any atom is 0.255 e. The van der Waals surface area contributed by atoms with E-state index in [9.17, 15) is 9.90 Å². The van der Waals surface area contributed by atoms with Crippen molar-refractivity contribution in [2.75, 3.05) is 53.5 Å². The van der Waals surface area contributed by atoms with E-state index in [0.29, 0.717) is 19.5 Å². The van der Waals surface area contributed by atoms with Gasteiger partial charge in [0.2, 0.25) is 0 Å². The van der Waals surface area contributed by atoms with Crippen molar-refractivity contribution >= 4 is 5.91 Å². The molecule has 0 radical (unpaired) electrons. The molecule has 0 spiro atoms. The predicted octanol–water partition coefficient (Wildman–Crippen LogP) is 1.09. The molecule has 2 rings (SSSR count). The van der Waals surface area contributed by atoms with Gasteiger partial charge in [0.1, 0.15) is 0 Å². The summed E-state index contributed by atoms with van der Waals surface area (Å²) in [6.45, 7) is 10.4. The fraction of sp³-hybridized carbons (Fsp3) is 0.947. The van der Waals surface area contributed by atoms with Crippen LogP contribution in [0.15, 0.2) is 0 Å². The van der Waals surface area contributed by atoms with Crippen LogP contribution in [0.2, 0.25) is 0 Å². The molecule has 0 unspecified atom stereocenters. The summed E-state index contributed by atoms with van der Waals surface area (Å²) in [5.41, 5.74) is -1.20. The SMILES string of the molecule is CN(C)C1(CNC[C@]2(O)CCCN(CC(C)(C)C)C2=O)CCOCC1. The van der Waals surface area contributed by atoms with Crippen molar-refractivity contribution in [1.82, 2.24) is 15.1 Å². The second-order valence-corrected chi connectivity index (χ2v) is 9.26. The standard InChI is InChI=1S/C19H37N3O3/c1-17(2,3)15-22-10-6-7-19(24,16(22)23)14-20-13-18(21(4)5)8-11-25-12-9-18/h20,24H,6-15H2,1-5H3/t19-/m1/s1. The lowest BCUT2D eigenvalue weighted by Crippen LogP contribution is -2.61. The number of hydrogen-bond acceptors (Lipinski definition) is 5. The lowest BCUT2D eigenvalue weighted by atomic mass is 9.86. The third-order valence-electron chi connectivity index (χ3n) is 5.61. The molecule has 6 nitrogen and oxygen atoms in total. The van der Waals surface area contributed by atoms with E-state index in [4.69, 9.17) is 4.74 Å². The second kappa shape index (κ2) is 7.91. The number of carbonyl (C=O) groups excluding carboxylic acids is 1. The molecular weight excluding hydrogens is 318 g/mol. The number of ether oxygens (including phenoxy) is 1. The molecule has 146 valence electrons. The molecule has 2 aliphatic rings. The summed E-state index contributed by atoms with van der Waals surface area (Å²) < 4.78 is 5.50. The maximum absolute atomic E-state index is 12.8. The average Bonchev–Trinajstić information content (AvgIpc) is 2.51. The molecule has 0 aliphatic carbocycles. The minimum absolute atomic E-state index is 0.0391. The molecule has 1 amide bonds. The molecule has 2 fully saturated rings. The summed E-state index contributed by atoms with van der Waals surface area (Å²) >= 11 is 0. The first-order valence-electron chi connectivity index (χ1n) is 9.56. The Morgan fingerprint density at radius 2 is 1.84 bits per heavy atom. The highest BCUT2D eigenvalue weighted by atomic mass is 16.5. The molecule has 2 saturated heterocycles. The third kappa shape index (κ3) is 5.16. The lowest BCUT2D eigenvalue weighted by molar-refractivity contribution is -0.158. The smallest absolute Gasteiger partial charge is 0.255 e. The predicted molar refractivity (Wildman–Crippen MR) is 99.6 cm³/mol. The van der Waals surface area contributed by atoms with Crippen molar-refractivity contribution in [2.45, 2.75) is 57.6 Å². The van der Waals surface area contributed by atoms with Crippen molar-refractivity contribution in [2.24, 2.45) is 5.41 Å². The van der Waals surface area contributed by atoms with Gasteiger partial charge in [-0.15, -0.1) is 0 Å². The number of amides is 1. The van der Waals surface area contributed by atoms with Gasteiger partial charge < -0.3 is 25.0 Å². The first kappa shape index (κ1) is 20.6. The highest BCUT2D eigenvalue weighted by Crippen LogP contribution is 2.28. The van der Waals surface area contributed by atoms with E-state index in [-0.39, 0.29) is 16.9 Å². The van der Waals surface area contributed by atoms with E-state index in [0.717, 1.165) is 45.6 Å². The van der Waals surface area contributed by atoms with Gasteiger partial charge in [0.25, 0.3) is 5.91 Å². The van der Waals surface area contributed by atoms with Gasteiger partial charge in [-0.1, -0.05) is 20.8 Å². The Morgan fingerprint density at radius 1 is 1.20 bits per heavy atom. The van der Waals surface area contributed by atoms with Gasteiger partial charge >= 0.3 is 0 Å². The normalized spacial score (nSPS) is 27.8. The van der Waals surface area contributed by atoms with Gasteiger partial charge in [-0.05, 0) is 45.2 Å². The zero-order valence-electron chi connectivity index (χ0n) is 16.7. The molecule has 2 heterocycles. The van der Waals surface area contributed by atoms with Crippen molar-refractivity contribution in [3.63, 3.8) is 0 Å². The Labute approximate surface area is 152 Å². The van der Waals surface area contributed by atoms with Crippen LogP contribution in [0.5, 0.6) is 0 Å². The molecule has 0 saturated carbocycles. The zero-order valence-corrected chi connectivity index (χ0v) is 16.7. The van der Waals surface area contributed by atoms with Crippen LogP contribution in [0.25, 0.3) is 0 Å². The molecule has 2 aliphatic heterocycles. The number of nitrogens with one attached hydrogen (secondary N) is 1. The van der Waals surface area contributed by atoms with E-state index >= 15 is 0 Å². The van der Waals surface area contributed by atoms with Crippen molar-refractivity contribution < 1.29 is 14.6 Å². The topological polar surface area (TPSA) is 65.0 Å². The third-order valence-corrected chi connectivity index (χ3v) is 5.61. The fourth-order valence-corrected chi connectivity index (χ4v) is 3.99. The number of rotatable bonds is 6. The Balaban J connectivity index is 1.95. The number of piperidine rings is 1. The van der Waals surface area contributed by atoms with E-state index < -0.39 is 5.60 Å². The monoisotopic (exact) mass is 355 g/mol. The second-order valence-electron chi connectivity index (χ2n) is 9.26. The minimum atomic E-state index is -1.28.